The molecule has 1 aromatic rings. The Hall–Kier alpha value is -1.14. The average Bonchev–Trinajstić information content (AvgIpc) is 2.46. The normalized spacial score (nSPS) is 13.7. The molecule has 1 aromatic carbocycles. The Morgan fingerprint density at radius 1 is 1.24 bits per heavy atom. The summed E-state index contributed by atoms with van der Waals surface area (Å²) in [4.78, 5) is 0. The number of hydrogen-bond donors (Lipinski definition) is 1. The largest absolute Gasteiger partial charge is 0.373 e. The first-order chi connectivity index (χ1) is 9.90. The quantitative estimate of drug-likeness (QED) is 0.700. The van der Waals surface area contributed by atoms with Gasteiger partial charge in [-0.25, -0.2) is 8.78 Å². The number of aryl methyl sites for hydroxylation is 1. The van der Waals surface area contributed by atoms with Crippen molar-refractivity contribution in [2.75, 3.05) is 19.8 Å². The molecule has 0 saturated heterocycles. The summed E-state index contributed by atoms with van der Waals surface area (Å²) in [6.07, 6.45) is -2.85. The average molecular weight is 307 g/mol. The van der Waals surface area contributed by atoms with Crippen molar-refractivity contribution in [2.24, 2.45) is 0 Å². The minimum Gasteiger partial charge on any atom is -0.373 e. The van der Waals surface area contributed by atoms with E-state index in [0.717, 1.165) is 17.5 Å². The van der Waals surface area contributed by atoms with Gasteiger partial charge in [-0.2, -0.15) is 8.78 Å². The summed E-state index contributed by atoms with van der Waals surface area (Å²) in [5.41, 5.74) is 2.02. The molecule has 120 valence electrons. The molecule has 0 aliphatic rings. The standard InChI is InChI=1S/C15H21F4NO/c1-3-11-6-5-7-12(8-11)13(20-4-2)9-21-10-15(18,19)14(16)17/h5-8,13-14,20H,3-4,9-10H2,1-2H3. The van der Waals surface area contributed by atoms with E-state index in [4.69, 9.17) is 4.74 Å². The summed E-state index contributed by atoms with van der Waals surface area (Å²) in [6, 6.07) is 7.38. The molecule has 0 heterocycles. The summed E-state index contributed by atoms with van der Waals surface area (Å²) in [6.45, 7) is 3.16. The highest BCUT2D eigenvalue weighted by Gasteiger charge is 2.41. The second kappa shape index (κ2) is 8.34. The lowest BCUT2D eigenvalue weighted by molar-refractivity contribution is -0.167. The van der Waals surface area contributed by atoms with Gasteiger partial charge in [0.1, 0.15) is 6.61 Å². The van der Waals surface area contributed by atoms with Gasteiger partial charge in [-0.1, -0.05) is 38.1 Å². The minimum atomic E-state index is -4.11. The van der Waals surface area contributed by atoms with E-state index in [2.05, 4.69) is 5.32 Å². The number of alkyl halides is 4. The molecule has 1 N–H and O–H groups in total. The third-order valence-corrected chi connectivity index (χ3v) is 3.11. The maximum Gasteiger partial charge on any atom is 0.330 e. The number of benzene rings is 1. The zero-order chi connectivity index (χ0) is 15.9. The molecule has 1 atom stereocenters. The molecule has 21 heavy (non-hydrogen) atoms. The van der Waals surface area contributed by atoms with Gasteiger partial charge in [0.05, 0.1) is 12.6 Å². The SMILES string of the molecule is CCNC(COCC(F)(F)C(F)F)c1cccc(CC)c1. The molecule has 0 aliphatic carbocycles. The predicted molar refractivity (Wildman–Crippen MR) is 74.0 cm³/mol. The molecule has 0 amide bonds. The van der Waals surface area contributed by atoms with Gasteiger partial charge in [-0.3, -0.25) is 0 Å². The van der Waals surface area contributed by atoms with Gasteiger partial charge in [0.15, 0.2) is 0 Å². The molecule has 0 spiro atoms. The number of nitrogens with one attached hydrogen (secondary N) is 1. The van der Waals surface area contributed by atoms with Crippen molar-refractivity contribution in [1.29, 1.82) is 0 Å². The van der Waals surface area contributed by atoms with Gasteiger partial charge in [0.2, 0.25) is 0 Å². The van der Waals surface area contributed by atoms with E-state index < -0.39 is 19.0 Å². The van der Waals surface area contributed by atoms with Crippen LogP contribution in [-0.4, -0.2) is 32.1 Å². The molecule has 0 fully saturated rings. The third kappa shape index (κ3) is 5.63. The van der Waals surface area contributed by atoms with Crippen LogP contribution in [0, 0.1) is 0 Å². The van der Waals surface area contributed by atoms with E-state index in [1.165, 1.54) is 0 Å². The van der Waals surface area contributed by atoms with Crippen LogP contribution >= 0.6 is 0 Å². The minimum absolute atomic E-state index is 0.0800. The first kappa shape index (κ1) is 17.9. The summed E-state index contributed by atoms with van der Waals surface area (Å²) >= 11 is 0. The lowest BCUT2D eigenvalue weighted by atomic mass is 10.0. The fraction of sp³-hybridized carbons (Fsp3) is 0.600. The summed E-state index contributed by atoms with van der Waals surface area (Å²) in [7, 11) is 0. The van der Waals surface area contributed by atoms with Crippen LogP contribution in [0.5, 0.6) is 0 Å². The van der Waals surface area contributed by atoms with Crippen molar-refractivity contribution >= 4 is 0 Å². The number of rotatable bonds is 9. The lowest BCUT2D eigenvalue weighted by Crippen LogP contribution is -2.34. The Balaban J connectivity index is 2.65. The van der Waals surface area contributed by atoms with Crippen LogP contribution < -0.4 is 5.32 Å². The van der Waals surface area contributed by atoms with Gasteiger partial charge in [0, 0.05) is 0 Å². The van der Waals surface area contributed by atoms with Crippen LogP contribution in [0.15, 0.2) is 24.3 Å². The molecule has 0 aliphatic heterocycles. The van der Waals surface area contributed by atoms with Crippen LogP contribution in [0.1, 0.15) is 31.0 Å². The first-order valence-corrected chi connectivity index (χ1v) is 6.96. The Kier molecular flexibility index (Phi) is 7.11. The molecular weight excluding hydrogens is 286 g/mol. The van der Waals surface area contributed by atoms with Crippen molar-refractivity contribution < 1.29 is 22.3 Å². The van der Waals surface area contributed by atoms with E-state index in [-0.39, 0.29) is 12.6 Å². The Morgan fingerprint density at radius 2 is 1.95 bits per heavy atom. The van der Waals surface area contributed by atoms with Gasteiger partial charge < -0.3 is 10.1 Å². The van der Waals surface area contributed by atoms with Crippen molar-refractivity contribution in [3.8, 4) is 0 Å². The fourth-order valence-corrected chi connectivity index (χ4v) is 1.93. The van der Waals surface area contributed by atoms with Gasteiger partial charge >= 0.3 is 12.3 Å². The van der Waals surface area contributed by atoms with Gasteiger partial charge in [-0.15, -0.1) is 0 Å². The lowest BCUT2D eigenvalue weighted by Gasteiger charge is -2.21. The molecule has 0 bridgehead atoms. The third-order valence-electron chi connectivity index (χ3n) is 3.11. The molecule has 0 aromatic heterocycles. The first-order valence-electron chi connectivity index (χ1n) is 6.96. The Labute approximate surface area is 122 Å². The Bertz CT molecular complexity index is 426. The van der Waals surface area contributed by atoms with Gasteiger partial charge in [0.25, 0.3) is 0 Å². The van der Waals surface area contributed by atoms with Crippen LogP contribution in [0.4, 0.5) is 17.6 Å². The second-order valence-corrected chi connectivity index (χ2v) is 4.79. The molecule has 6 heteroatoms. The van der Waals surface area contributed by atoms with Crippen molar-refractivity contribution in [3.05, 3.63) is 35.4 Å². The molecule has 0 radical (unpaired) electrons. The monoisotopic (exact) mass is 307 g/mol. The van der Waals surface area contributed by atoms with Crippen LogP contribution in [0.25, 0.3) is 0 Å². The number of halogens is 4. The number of ether oxygens (including phenoxy) is 1. The smallest absolute Gasteiger partial charge is 0.330 e. The van der Waals surface area contributed by atoms with E-state index >= 15 is 0 Å². The zero-order valence-corrected chi connectivity index (χ0v) is 12.2. The highest BCUT2D eigenvalue weighted by Crippen LogP contribution is 2.24. The van der Waals surface area contributed by atoms with E-state index in [1.807, 2.05) is 38.1 Å². The van der Waals surface area contributed by atoms with Crippen molar-refractivity contribution in [2.45, 2.75) is 38.7 Å². The molecule has 2 nitrogen and oxygen atoms in total. The summed E-state index contributed by atoms with van der Waals surface area (Å²) < 4.78 is 54.5. The number of hydrogen-bond acceptors (Lipinski definition) is 2. The maximum absolute atomic E-state index is 12.8. The molecule has 1 unspecified atom stereocenters. The Morgan fingerprint density at radius 3 is 2.52 bits per heavy atom. The second-order valence-electron chi connectivity index (χ2n) is 4.79. The van der Waals surface area contributed by atoms with Gasteiger partial charge in [-0.05, 0) is 24.1 Å². The van der Waals surface area contributed by atoms with Crippen molar-refractivity contribution in [1.82, 2.24) is 5.32 Å². The highest BCUT2D eigenvalue weighted by molar-refractivity contribution is 5.26. The predicted octanol–water partition coefficient (Wildman–Crippen LogP) is 3.82. The van der Waals surface area contributed by atoms with Crippen LogP contribution in [0.2, 0.25) is 0 Å². The summed E-state index contributed by atoms with van der Waals surface area (Å²) in [5.74, 6) is -4.11. The van der Waals surface area contributed by atoms with E-state index in [9.17, 15) is 17.6 Å². The maximum atomic E-state index is 12.8. The fourth-order valence-electron chi connectivity index (χ4n) is 1.93. The molecule has 1 rings (SSSR count). The topological polar surface area (TPSA) is 21.3 Å². The van der Waals surface area contributed by atoms with Crippen LogP contribution in [-0.2, 0) is 11.2 Å². The molecular formula is C15H21F4NO. The van der Waals surface area contributed by atoms with E-state index in [1.54, 1.807) is 0 Å². The summed E-state index contributed by atoms with van der Waals surface area (Å²) in [5, 5.41) is 3.11. The number of likely N-dealkylation sites (N-methyl/N-ethyl adjacent to an activating group) is 1. The van der Waals surface area contributed by atoms with Crippen molar-refractivity contribution in [3.63, 3.8) is 0 Å². The highest BCUT2D eigenvalue weighted by atomic mass is 19.3. The van der Waals surface area contributed by atoms with Crippen LogP contribution in [0.3, 0.4) is 0 Å². The van der Waals surface area contributed by atoms with E-state index in [0.29, 0.717) is 6.54 Å². The molecule has 0 saturated carbocycles. The zero-order valence-electron chi connectivity index (χ0n) is 12.2.